The zero-order valence-electron chi connectivity index (χ0n) is 38.7. The van der Waals surface area contributed by atoms with Gasteiger partial charge in [-0.3, -0.25) is 19.3 Å². The van der Waals surface area contributed by atoms with Crippen LogP contribution < -0.4 is 31.0 Å². The number of nitrogens with zero attached hydrogens (tertiary/aromatic N) is 3. The fourth-order valence-corrected chi connectivity index (χ4v) is 9.37. The molecule has 7 rings (SSSR count). The van der Waals surface area contributed by atoms with Crippen molar-refractivity contribution in [2.75, 3.05) is 50.1 Å². The molecule has 1 amide bonds. The standard InChI is InChI=1S/C49H62N4O12/c1-23(2)22-52-15-17-53(18-16-52)30-20-31(54)37-33(21-30)64-46-38(50-37)34-35-43(58)29(8)45-36(34)47(60)49(9,65-45)63-19-14-32(62-10)26(5)41(56)28(7)42(57)27(6)40(55)24(3)12-11-13-25(4)48(61)51-39(46)44(35)59/h11-14,19-21,23-24,26-28,32,40-42,55-58,60H,15-18,22H2,1-10H3,(H,51,61)/b12-11-,19-14?,25-13-/t24-,26+,27+,28-,32-,40-,41+,42+,49-/m0/s1. The molecule has 0 unspecified atom stereocenters. The molecule has 1 fully saturated rings. The van der Waals surface area contributed by atoms with Gasteiger partial charge in [-0.05, 0) is 25.8 Å². The van der Waals surface area contributed by atoms with Gasteiger partial charge < -0.3 is 54.4 Å². The molecule has 1 aromatic heterocycles. The Bertz CT molecular complexity index is 2780. The molecule has 0 radical (unpaired) electrons. The monoisotopic (exact) mass is 898 g/mol. The second kappa shape index (κ2) is 18.4. The molecule has 6 N–H and O–H groups in total. The summed E-state index contributed by atoms with van der Waals surface area (Å²) in [6.45, 7) is 19.5. The molecule has 4 aromatic rings. The van der Waals surface area contributed by atoms with E-state index in [4.69, 9.17) is 23.6 Å². The number of phenols is 1. The molecule has 16 heteroatoms. The first-order valence-electron chi connectivity index (χ1n) is 22.3. The number of aromatic nitrogens is 1. The number of fused-ring (bicyclic) bond motifs is 2. The van der Waals surface area contributed by atoms with Crippen molar-refractivity contribution >= 4 is 56.0 Å². The SMILES string of the molecule is CO[C@H]1C=CO[C@@]2(C)Oc3c(C)c(O)c4c(=O)c(c5oc6cc(N7CCN(CC(C)C)CC7)cc(=O)c6nc5c4c3=C2O)NC(=O)/C(C)=C\C=C/[C@H](C)[C@H](O)[C@@H](C)[C@@H](O)[C@@H](C)[C@H](O)[C@@H]1C. The highest BCUT2D eigenvalue weighted by atomic mass is 16.7. The first-order valence-corrected chi connectivity index (χ1v) is 22.3. The predicted octanol–water partition coefficient (Wildman–Crippen LogP) is 4.77. The average Bonchev–Trinajstić information content (AvgIpc) is 3.54. The summed E-state index contributed by atoms with van der Waals surface area (Å²) in [6.07, 6.45) is 3.50. The number of allylic oxidation sites excluding steroid dienone is 2. The second-order valence-electron chi connectivity index (χ2n) is 18.6. The Kier molecular flexibility index (Phi) is 13.4. The highest BCUT2D eigenvalue weighted by molar-refractivity contribution is 6.16. The van der Waals surface area contributed by atoms with Crippen molar-refractivity contribution < 1.29 is 49.0 Å². The van der Waals surface area contributed by atoms with Gasteiger partial charge in [-0.1, -0.05) is 59.8 Å². The number of hydrogen-bond donors (Lipinski definition) is 6. The number of hydrogen-bond acceptors (Lipinski definition) is 15. The van der Waals surface area contributed by atoms with Crippen LogP contribution in [0.25, 0.3) is 38.7 Å². The molecular weight excluding hydrogens is 837 g/mol. The van der Waals surface area contributed by atoms with Crippen molar-refractivity contribution in [3.8, 4) is 11.5 Å². The summed E-state index contributed by atoms with van der Waals surface area (Å²) >= 11 is 0. The van der Waals surface area contributed by atoms with Gasteiger partial charge in [0.15, 0.2) is 22.4 Å². The number of aromatic hydroxyl groups is 1. The van der Waals surface area contributed by atoms with Crippen LogP contribution in [0.5, 0.6) is 11.5 Å². The maximum absolute atomic E-state index is 14.8. The molecule has 16 nitrogen and oxygen atoms in total. The lowest BCUT2D eigenvalue weighted by molar-refractivity contribution is -0.112. The summed E-state index contributed by atoms with van der Waals surface area (Å²) < 4.78 is 24.5. The van der Waals surface area contributed by atoms with Gasteiger partial charge in [0.05, 0.1) is 41.3 Å². The lowest BCUT2D eigenvalue weighted by Crippen LogP contribution is -2.47. The number of nitrogens with one attached hydrogen (secondary N) is 1. The molecule has 0 spiro atoms. The first-order chi connectivity index (χ1) is 30.7. The molecule has 4 heterocycles. The van der Waals surface area contributed by atoms with Crippen LogP contribution in [0.3, 0.4) is 0 Å². The summed E-state index contributed by atoms with van der Waals surface area (Å²) in [5, 5.41) is 60.2. The number of benzene rings is 3. The molecule has 0 aliphatic carbocycles. The zero-order valence-corrected chi connectivity index (χ0v) is 38.7. The molecule has 3 aliphatic heterocycles. The van der Waals surface area contributed by atoms with Gasteiger partial charge in [0.25, 0.3) is 5.91 Å². The summed E-state index contributed by atoms with van der Waals surface area (Å²) in [4.78, 5) is 52.1. The van der Waals surface area contributed by atoms with Crippen molar-refractivity contribution in [2.24, 2.45) is 29.6 Å². The summed E-state index contributed by atoms with van der Waals surface area (Å²) in [7, 11) is 1.45. The van der Waals surface area contributed by atoms with E-state index >= 15 is 0 Å². The third-order valence-electron chi connectivity index (χ3n) is 13.5. The molecule has 350 valence electrons. The largest absolute Gasteiger partial charge is 0.507 e. The molecule has 3 aromatic carbocycles. The van der Waals surface area contributed by atoms with Crippen molar-refractivity contribution in [2.45, 2.75) is 92.5 Å². The van der Waals surface area contributed by atoms with E-state index < -0.39 is 82.1 Å². The van der Waals surface area contributed by atoms with E-state index in [-0.39, 0.29) is 60.8 Å². The van der Waals surface area contributed by atoms with E-state index in [1.807, 2.05) is 0 Å². The van der Waals surface area contributed by atoms with Crippen LogP contribution in [0, 0.1) is 36.5 Å². The number of methoxy groups -OCH3 is 1. The predicted molar refractivity (Wildman–Crippen MR) is 249 cm³/mol. The van der Waals surface area contributed by atoms with Crippen molar-refractivity contribution in [1.29, 1.82) is 0 Å². The Balaban J connectivity index is 1.46. The normalized spacial score (nSPS) is 29.9. The average molecular weight is 899 g/mol. The van der Waals surface area contributed by atoms with E-state index in [9.17, 15) is 39.9 Å². The van der Waals surface area contributed by atoms with E-state index in [0.29, 0.717) is 24.7 Å². The number of piperazine rings is 1. The number of aliphatic hydroxyl groups is 4. The van der Waals surface area contributed by atoms with Gasteiger partial charge in [0, 0.05) is 105 Å². The molecule has 9 atom stereocenters. The topological polar surface area (TPSA) is 225 Å². The van der Waals surface area contributed by atoms with Crippen LogP contribution in [-0.4, -0.2) is 111 Å². The Morgan fingerprint density at radius 3 is 2.23 bits per heavy atom. The van der Waals surface area contributed by atoms with Crippen LogP contribution in [-0.2, 0) is 14.3 Å². The third kappa shape index (κ3) is 8.69. The smallest absolute Gasteiger partial charge is 0.307 e. The Hall–Kier alpha value is -5.52. The fourth-order valence-electron chi connectivity index (χ4n) is 9.37. The molecular formula is C49H62N4O12. The maximum atomic E-state index is 14.8. The van der Waals surface area contributed by atoms with Gasteiger partial charge in [0.1, 0.15) is 22.7 Å². The Morgan fingerprint density at radius 2 is 1.57 bits per heavy atom. The minimum absolute atomic E-state index is 0.0337. The molecule has 3 aliphatic rings. The van der Waals surface area contributed by atoms with Gasteiger partial charge in [-0.15, -0.1) is 0 Å². The number of amides is 1. The summed E-state index contributed by atoms with van der Waals surface area (Å²) in [5.41, 5.74) is -1.25. The number of anilines is 2. The number of aliphatic hydroxyl groups excluding tert-OH is 4. The summed E-state index contributed by atoms with van der Waals surface area (Å²) in [6, 6.07) is 3.17. The fraction of sp³-hybridized carbons (Fsp3) is 0.510. The highest BCUT2D eigenvalue weighted by Gasteiger charge is 2.44. The third-order valence-corrected chi connectivity index (χ3v) is 13.5. The molecule has 4 bridgehead atoms. The number of rotatable bonds is 4. The molecule has 65 heavy (non-hydrogen) atoms. The van der Waals surface area contributed by atoms with Gasteiger partial charge in [-0.25, -0.2) is 4.98 Å². The minimum Gasteiger partial charge on any atom is -0.507 e. The van der Waals surface area contributed by atoms with E-state index in [1.165, 1.54) is 52.4 Å². The zero-order chi connectivity index (χ0) is 47.4. The van der Waals surface area contributed by atoms with Gasteiger partial charge in [0.2, 0.25) is 10.9 Å². The van der Waals surface area contributed by atoms with Crippen molar-refractivity contribution in [3.63, 3.8) is 0 Å². The minimum atomic E-state index is -1.95. The molecule has 1 saturated heterocycles. The van der Waals surface area contributed by atoms with Crippen LogP contribution in [0.15, 0.2) is 62.3 Å². The Labute approximate surface area is 377 Å². The van der Waals surface area contributed by atoms with E-state index in [1.54, 1.807) is 45.9 Å². The van der Waals surface area contributed by atoms with Crippen LogP contribution in [0.2, 0.25) is 0 Å². The lowest BCUT2D eigenvalue weighted by atomic mass is 9.78. The number of phenolic OH excluding ortho intramolecular Hbond substituents is 1. The number of ether oxygens (including phenoxy) is 3. The summed E-state index contributed by atoms with van der Waals surface area (Å²) in [5.74, 6) is -5.68. The van der Waals surface area contributed by atoms with Crippen molar-refractivity contribution in [3.05, 3.63) is 79.5 Å². The number of carbonyl (C=O) groups is 1. The molecule has 0 saturated carbocycles. The van der Waals surface area contributed by atoms with Crippen LogP contribution >= 0.6 is 0 Å². The van der Waals surface area contributed by atoms with Crippen LogP contribution in [0.4, 0.5) is 11.4 Å². The van der Waals surface area contributed by atoms with E-state index in [2.05, 4.69) is 29.0 Å². The highest BCUT2D eigenvalue weighted by Crippen LogP contribution is 2.42. The first kappa shape index (κ1) is 47.4. The Morgan fingerprint density at radius 1 is 0.908 bits per heavy atom. The van der Waals surface area contributed by atoms with Crippen LogP contribution in [0.1, 0.15) is 61.0 Å². The quantitative estimate of drug-likeness (QED) is 0.120. The van der Waals surface area contributed by atoms with Gasteiger partial charge >= 0.3 is 5.79 Å². The van der Waals surface area contributed by atoms with E-state index in [0.717, 1.165) is 19.6 Å². The maximum Gasteiger partial charge on any atom is 0.307 e. The second-order valence-corrected chi connectivity index (χ2v) is 18.6. The van der Waals surface area contributed by atoms with Crippen molar-refractivity contribution in [1.82, 2.24) is 9.88 Å². The lowest BCUT2D eigenvalue weighted by Gasteiger charge is -2.36. The number of carbonyl (C=O) groups excluding carboxylic acids is 1. The van der Waals surface area contributed by atoms with Gasteiger partial charge in [-0.2, -0.15) is 0 Å².